The Morgan fingerprint density at radius 2 is 2.14 bits per heavy atom. The summed E-state index contributed by atoms with van der Waals surface area (Å²) in [4.78, 5) is 7.40. The Balaban J connectivity index is 2.16. The van der Waals surface area contributed by atoms with Gasteiger partial charge in [-0.25, -0.2) is 0 Å². The molecular formula is C9H11NO3S. The van der Waals surface area contributed by atoms with Crippen LogP contribution < -0.4 is 9.62 Å². The molecule has 14 heavy (non-hydrogen) atoms. The monoisotopic (exact) mass is 213 g/mol. The number of ether oxygens (including phenoxy) is 1. The number of aliphatic hydroxyl groups excluding tert-OH is 1. The zero-order valence-electron chi connectivity index (χ0n) is 7.64. The summed E-state index contributed by atoms with van der Waals surface area (Å²) in [5, 5.41) is 9.35. The van der Waals surface area contributed by atoms with Gasteiger partial charge in [0.25, 0.3) is 0 Å². The maximum absolute atomic E-state index is 9.43. The Bertz CT molecular complexity index is 303. The van der Waals surface area contributed by atoms with Gasteiger partial charge in [-0.1, -0.05) is 12.1 Å². The van der Waals surface area contributed by atoms with E-state index < -0.39 is 6.29 Å². The average Bonchev–Trinajstić information content (AvgIpc) is 2.65. The molecule has 1 heterocycles. The smallest absolute Gasteiger partial charge is 0.193 e. The van der Waals surface area contributed by atoms with Gasteiger partial charge in [-0.3, -0.25) is 4.84 Å². The van der Waals surface area contributed by atoms with Crippen LogP contribution >= 0.6 is 11.9 Å². The van der Waals surface area contributed by atoms with Crippen molar-refractivity contribution in [3.63, 3.8) is 0 Å². The second kappa shape index (κ2) is 4.18. The molecule has 1 aromatic carbocycles. The lowest BCUT2D eigenvalue weighted by Gasteiger charge is -2.10. The normalized spacial score (nSPS) is 26.4. The van der Waals surface area contributed by atoms with Gasteiger partial charge in [0.05, 0.1) is 12.4 Å². The van der Waals surface area contributed by atoms with Crippen molar-refractivity contribution in [1.29, 1.82) is 0 Å². The standard InChI is InChI=1S/C9H11NO3S/c1-12-7-4-2-6(3-5-7)8-9(11)13-10-14-8/h2-5,8-11H,1H3/t8-,9-/m0/s1. The Kier molecular flexibility index (Phi) is 2.93. The van der Waals surface area contributed by atoms with Gasteiger partial charge in [0.15, 0.2) is 6.29 Å². The van der Waals surface area contributed by atoms with Gasteiger partial charge in [-0.15, -0.1) is 4.89 Å². The minimum absolute atomic E-state index is 0.0825. The van der Waals surface area contributed by atoms with E-state index in [1.807, 2.05) is 24.3 Å². The van der Waals surface area contributed by atoms with E-state index in [4.69, 9.17) is 9.57 Å². The zero-order chi connectivity index (χ0) is 9.97. The summed E-state index contributed by atoms with van der Waals surface area (Å²) < 4.78 is 5.04. The zero-order valence-corrected chi connectivity index (χ0v) is 8.45. The molecule has 1 aliphatic heterocycles. The highest BCUT2D eigenvalue weighted by molar-refractivity contribution is 7.97. The van der Waals surface area contributed by atoms with Crippen molar-refractivity contribution in [3.05, 3.63) is 29.8 Å². The van der Waals surface area contributed by atoms with Crippen LogP contribution in [0.15, 0.2) is 24.3 Å². The fourth-order valence-corrected chi connectivity index (χ4v) is 2.00. The van der Waals surface area contributed by atoms with Gasteiger partial charge in [0.2, 0.25) is 0 Å². The molecule has 76 valence electrons. The first-order chi connectivity index (χ1) is 6.81. The lowest BCUT2D eigenvalue weighted by Crippen LogP contribution is -2.12. The molecule has 0 saturated carbocycles. The maximum atomic E-state index is 9.43. The molecule has 4 nitrogen and oxygen atoms in total. The number of hydrogen-bond donors (Lipinski definition) is 2. The average molecular weight is 213 g/mol. The van der Waals surface area contributed by atoms with E-state index in [1.165, 1.54) is 11.9 Å². The number of benzene rings is 1. The summed E-state index contributed by atoms with van der Waals surface area (Å²) in [5.74, 6) is 0.806. The molecule has 1 aliphatic rings. The summed E-state index contributed by atoms with van der Waals surface area (Å²) >= 11 is 1.35. The Morgan fingerprint density at radius 3 is 2.64 bits per heavy atom. The second-order valence-electron chi connectivity index (χ2n) is 2.90. The molecule has 1 aromatic rings. The topological polar surface area (TPSA) is 50.7 Å². The van der Waals surface area contributed by atoms with E-state index in [1.54, 1.807) is 7.11 Å². The number of rotatable bonds is 2. The van der Waals surface area contributed by atoms with Crippen LogP contribution in [0.25, 0.3) is 0 Å². The van der Waals surface area contributed by atoms with Crippen LogP contribution in [0.5, 0.6) is 5.75 Å². The quantitative estimate of drug-likeness (QED) is 0.724. The first kappa shape index (κ1) is 9.79. The van der Waals surface area contributed by atoms with Crippen LogP contribution in [0, 0.1) is 0 Å². The predicted octanol–water partition coefficient (Wildman–Crippen LogP) is 1.24. The highest BCUT2D eigenvalue weighted by atomic mass is 32.2. The van der Waals surface area contributed by atoms with E-state index >= 15 is 0 Å². The summed E-state index contributed by atoms with van der Waals surface area (Å²) in [7, 11) is 1.62. The molecule has 2 rings (SSSR count). The van der Waals surface area contributed by atoms with E-state index in [2.05, 4.69) is 4.89 Å². The minimum Gasteiger partial charge on any atom is -0.497 e. The van der Waals surface area contributed by atoms with Crippen molar-refractivity contribution in [1.82, 2.24) is 4.89 Å². The summed E-state index contributed by atoms with van der Waals surface area (Å²) in [6.07, 6.45) is -0.798. The van der Waals surface area contributed by atoms with Crippen LogP contribution in [-0.4, -0.2) is 18.5 Å². The van der Waals surface area contributed by atoms with E-state index in [9.17, 15) is 5.11 Å². The number of methoxy groups -OCH3 is 1. The van der Waals surface area contributed by atoms with Crippen molar-refractivity contribution < 1.29 is 14.7 Å². The fourth-order valence-electron chi connectivity index (χ4n) is 1.28. The largest absolute Gasteiger partial charge is 0.497 e. The summed E-state index contributed by atoms with van der Waals surface area (Å²) in [5.41, 5.74) is 1.01. The third-order valence-corrected chi connectivity index (χ3v) is 3.00. The van der Waals surface area contributed by atoms with Crippen molar-refractivity contribution in [2.24, 2.45) is 0 Å². The molecule has 1 fully saturated rings. The van der Waals surface area contributed by atoms with Crippen LogP contribution in [0.4, 0.5) is 0 Å². The fraction of sp³-hybridized carbons (Fsp3) is 0.333. The second-order valence-corrected chi connectivity index (χ2v) is 3.81. The van der Waals surface area contributed by atoms with Crippen LogP contribution in [-0.2, 0) is 4.84 Å². The Hall–Kier alpha value is -0.750. The molecule has 0 bridgehead atoms. The van der Waals surface area contributed by atoms with Gasteiger partial charge in [0.1, 0.15) is 5.75 Å². The molecule has 0 amide bonds. The van der Waals surface area contributed by atoms with Crippen LogP contribution in [0.3, 0.4) is 0 Å². The highest BCUT2D eigenvalue weighted by Crippen LogP contribution is 2.35. The van der Waals surface area contributed by atoms with Crippen molar-refractivity contribution in [2.75, 3.05) is 7.11 Å². The molecule has 0 aliphatic carbocycles. The summed E-state index contributed by atoms with van der Waals surface area (Å²) in [6.45, 7) is 0. The molecule has 1 saturated heterocycles. The molecule has 0 radical (unpaired) electrons. The summed E-state index contributed by atoms with van der Waals surface area (Å²) in [6, 6.07) is 7.55. The van der Waals surface area contributed by atoms with Crippen molar-refractivity contribution in [2.45, 2.75) is 11.5 Å². The molecule has 5 heteroatoms. The first-order valence-corrected chi connectivity index (χ1v) is 5.07. The number of aliphatic hydroxyl groups is 1. The van der Waals surface area contributed by atoms with Crippen molar-refractivity contribution in [3.8, 4) is 5.75 Å². The van der Waals surface area contributed by atoms with E-state index in [0.29, 0.717) is 0 Å². The highest BCUT2D eigenvalue weighted by Gasteiger charge is 2.28. The SMILES string of the molecule is COc1ccc([C@@H]2SNO[C@@H]2O)cc1. The van der Waals surface area contributed by atoms with Gasteiger partial charge < -0.3 is 9.84 Å². The maximum Gasteiger partial charge on any atom is 0.193 e. The lowest BCUT2D eigenvalue weighted by atomic mass is 10.1. The van der Waals surface area contributed by atoms with Gasteiger partial charge in [-0.2, -0.15) is 0 Å². The van der Waals surface area contributed by atoms with E-state index in [-0.39, 0.29) is 5.25 Å². The Morgan fingerprint density at radius 1 is 1.43 bits per heavy atom. The van der Waals surface area contributed by atoms with E-state index in [0.717, 1.165) is 11.3 Å². The molecular weight excluding hydrogens is 202 g/mol. The molecule has 0 unspecified atom stereocenters. The number of hydrogen-bond acceptors (Lipinski definition) is 5. The minimum atomic E-state index is -0.798. The van der Waals surface area contributed by atoms with Crippen LogP contribution in [0.1, 0.15) is 10.8 Å². The third kappa shape index (κ3) is 1.85. The molecule has 2 N–H and O–H groups in total. The molecule has 0 aromatic heterocycles. The van der Waals surface area contributed by atoms with Gasteiger partial charge >= 0.3 is 0 Å². The molecule has 2 atom stereocenters. The lowest BCUT2D eigenvalue weighted by molar-refractivity contribution is -0.103. The molecule has 0 spiro atoms. The van der Waals surface area contributed by atoms with Crippen LogP contribution in [0.2, 0.25) is 0 Å². The van der Waals surface area contributed by atoms with Gasteiger partial charge in [0, 0.05) is 0 Å². The van der Waals surface area contributed by atoms with Crippen molar-refractivity contribution >= 4 is 11.9 Å². The Labute approximate surface area is 86.3 Å². The third-order valence-electron chi connectivity index (χ3n) is 2.05. The number of nitrogens with one attached hydrogen (secondary N) is 1. The van der Waals surface area contributed by atoms with Gasteiger partial charge in [-0.05, 0) is 29.6 Å². The predicted molar refractivity (Wildman–Crippen MR) is 53.6 cm³/mol. The first-order valence-electron chi connectivity index (χ1n) is 4.19.